The van der Waals surface area contributed by atoms with E-state index in [2.05, 4.69) is 33.1 Å². The highest BCUT2D eigenvalue weighted by Gasteiger charge is 2.32. The van der Waals surface area contributed by atoms with Crippen molar-refractivity contribution in [2.45, 2.75) is 58.4 Å². The summed E-state index contributed by atoms with van der Waals surface area (Å²) in [7, 11) is 0. The first kappa shape index (κ1) is 13.0. The fourth-order valence-corrected chi connectivity index (χ4v) is 3.20. The van der Waals surface area contributed by atoms with Crippen molar-refractivity contribution in [2.75, 3.05) is 0 Å². The first-order valence-electron chi connectivity index (χ1n) is 6.58. The summed E-state index contributed by atoms with van der Waals surface area (Å²) in [6, 6.07) is 0.279. The second kappa shape index (κ2) is 4.69. The molecule has 1 heterocycles. The third-order valence-electron chi connectivity index (χ3n) is 3.77. The SMILES string of the molecule is CC(C(N)Cc1nc(C(C)(C)C)cs1)C1CC1. The second-order valence-corrected chi connectivity index (χ2v) is 7.38. The van der Waals surface area contributed by atoms with Crippen LogP contribution >= 0.6 is 11.3 Å². The molecule has 1 aliphatic rings. The molecule has 3 heteroatoms. The Morgan fingerprint density at radius 2 is 2.12 bits per heavy atom. The minimum Gasteiger partial charge on any atom is -0.327 e. The third-order valence-corrected chi connectivity index (χ3v) is 4.64. The summed E-state index contributed by atoms with van der Waals surface area (Å²) in [6.45, 7) is 8.91. The minimum absolute atomic E-state index is 0.154. The Bertz CT molecular complexity index is 374. The molecule has 2 nitrogen and oxygen atoms in total. The van der Waals surface area contributed by atoms with Crippen molar-refractivity contribution in [1.82, 2.24) is 4.98 Å². The normalized spacial score (nSPS) is 20.3. The monoisotopic (exact) mass is 252 g/mol. The summed E-state index contributed by atoms with van der Waals surface area (Å²) in [4.78, 5) is 4.72. The van der Waals surface area contributed by atoms with Crippen molar-refractivity contribution < 1.29 is 0 Å². The van der Waals surface area contributed by atoms with E-state index >= 15 is 0 Å². The summed E-state index contributed by atoms with van der Waals surface area (Å²) in [5.74, 6) is 1.53. The molecule has 0 spiro atoms. The molecule has 0 radical (unpaired) electrons. The number of aromatic nitrogens is 1. The molecule has 0 saturated heterocycles. The zero-order valence-electron chi connectivity index (χ0n) is 11.4. The molecule has 0 aromatic carbocycles. The van der Waals surface area contributed by atoms with Crippen LogP contribution in [0.3, 0.4) is 0 Å². The molecule has 0 amide bonds. The number of hydrogen-bond acceptors (Lipinski definition) is 3. The summed E-state index contributed by atoms with van der Waals surface area (Å²) in [5.41, 5.74) is 7.63. The van der Waals surface area contributed by atoms with E-state index in [1.54, 1.807) is 11.3 Å². The predicted molar refractivity (Wildman–Crippen MR) is 74.4 cm³/mol. The lowest BCUT2D eigenvalue weighted by Gasteiger charge is -2.18. The smallest absolute Gasteiger partial charge is 0.0944 e. The van der Waals surface area contributed by atoms with Crippen LogP contribution < -0.4 is 5.73 Å². The van der Waals surface area contributed by atoms with Crippen LogP contribution in [0.25, 0.3) is 0 Å². The second-order valence-electron chi connectivity index (χ2n) is 6.44. The van der Waals surface area contributed by atoms with Crippen LogP contribution in [0.2, 0.25) is 0 Å². The van der Waals surface area contributed by atoms with Gasteiger partial charge in [-0.05, 0) is 24.7 Å². The average Bonchev–Trinajstić information content (AvgIpc) is 2.96. The van der Waals surface area contributed by atoms with E-state index in [9.17, 15) is 0 Å². The van der Waals surface area contributed by atoms with E-state index in [0.29, 0.717) is 5.92 Å². The van der Waals surface area contributed by atoms with E-state index in [-0.39, 0.29) is 11.5 Å². The zero-order chi connectivity index (χ0) is 12.6. The molecule has 0 bridgehead atoms. The molecule has 1 fully saturated rings. The van der Waals surface area contributed by atoms with Crippen molar-refractivity contribution in [3.05, 3.63) is 16.1 Å². The first-order valence-corrected chi connectivity index (χ1v) is 7.46. The molecular weight excluding hydrogens is 228 g/mol. The molecule has 17 heavy (non-hydrogen) atoms. The maximum Gasteiger partial charge on any atom is 0.0944 e. The van der Waals surface area contributed by atoms with E-state index in [1.807, 2.05) is 0 Å². The summed E-state index contributed by atoms with van der Waals surface area (Å²) in [6.07, 6.45) is 3.69. The fraction of sp³-hybridized carbons (Fsp3) is 0.786. The maximum atomic E-state index is 6.28. The Hall–Kier alpha value is -0.410. The van der Waals surface area contributed by atoms with Crippen LogP contribution in [0.15, 0.2) is 5.38 Å². The van der Waals surface area contributed by atoms with Gasteiger partial charge in [0.2, 0.25) is 0 Å². The first-order chi connectivity index (χ1) is 7.88. The van der Waals surface area contributed by atoms with Crippen LogP contribution in [-0.4, -0.2) is 11.0 Å². The summed E-state index contributed by atoms with van der Waals surface area (Å²) in [5, 5.41) is 3.39. The molecule has 1 aromatic heterocycles. The third kappa shape index (κ3) is 3.29. The van der Waals surface area contributed by atoms with Gasteiger partial charge in [-0.2, -0.15) is 0 Å². The van der Waals surface area contributed by atoms with Crippen molar-refractivity contribution in [1.29, 1.82) is 0 Å². The van der Waals surface area contributed by atoms with Crippen molar-refractivity contribution in [3.63, 3.8) is 0 Å². The molecule has 0 aliphatic heterocycles. The lowest BCUT2D eigenvalue weighted by molar-refractivity contribution is 0.403. The average molecular weight is 252 g/mol. The minimum atomic E-state index is 0.154. The number of hydrogen-bond donors (Lipinski definition) is 1. The Morgan fingerprint density at radius 3 is 2.59 bits per heavy atom. The quantitative estimate of drug-likeness (QED) is 0.892. The highest BCUT2D eigenvalue weighted by atomic mass is 32.1. The lowest BCUT2D eigenvalue weighted by Crippen LogP contribution is -2.31. The molecule has 1 saturated carbocycles. The topological polar surface area (TPSA) is 38.9 Å². The van der Waals surface area contributed by atoms with Crippen LogP contribution in [0.4, 0.5) is 0 Å². The molecular formula is C14H24N2S. The van der Waals surface area contributed by atoms with Gasteiger partial charge in [-0.25, -0.2) is 4.98 Å². The van der Waals surface area contributed by atoms with Gasteiger partial charge >= 0.3 is 0 Å². The predicted octanol–water partition coefficient (Wildman–Crippen LogP) is 3.36. The van der Waals surface area contributed by atoms with Crippen molar-refractivity contribution in [2.24, 2.45) is 17.6 Å². The summed E-state index contributed by atoms with van der Waals surface area (Å²) < 4.78 is 0. The zero-order valence-corrected chi connectivity index (χ0v) is 12.2. The number of nitrogens with two attached hydrogens (primary N) is 1. The number of nitrogens with zero attached hydrogens (tertiary/aromatic N) is 1. The Morgan fingerprint density at radius 1 is 1.47 bits per heavy atom. The maximum absolute atomic E-state index is 6.28. The van der Waals surface area contributed by atoms with Gasteiger partial charge in [-0.15, -0.1) is 11.3 Å². The highest BCUT2D eigenvalue weighted by Crippen LogP contribution is 2.38. The molecule has 2 unspecified atom stereocenters. The van der Waals surface area contributed by atoms with Gasteiger partial charge in [0.25, 0.3) is 0 Å². The van der Waals surface area contributed by atoms with Gasteiger partial charge in [0.15, 0.2) is 0 Å². The molecule has 2 atom stereocenters. The Labute approximate surface area is 109 Å². The molecule has 2 N–H and O–H groups in total. The van der Waals surface area contributed by atoms with Crippen LogP contribution in [-0.2, 0) is 11.8 Å². The molecule has 2 rings (SSSR count). The molecule has 96 valence electrons. The van der Waals surface area contributed by atoms with Gasteiger partial charge in [0.1, 0.15) is 0 Å². The van der Waals surface area contributed by atoms with Crippen molar-refractivity contribution >= 4 is 11.3 Å². The van der Waals surface area contributed by atoms with Crippen molar-refractivity contribution in [3.8, 4) is 0 Å². The van der Waals surface area contributed by atoms with Crippen LogP contribution in [0, 0.1) is 11.8 Å². The van der Waals surface area contributed by atoms with Gasteiger partial charge in [0.05, 0.1) is 10.7 Å². The van der Waals surface area contributed by atoms with E-state index in [1.165, 1.54) is 23.5 Å². The molecule has 1 aliphatic carbocycles. The van der Waals surface area contributed by atoms with Gasteiger partial charge in [0, 0.05) is 23.3 Å². The largest absolute Gasteiger partial charge is 0.327 e. The Balaban J connectivity index is 1.96. The fourth-order valence-electron chi connectivity index (χ4n) is 2.11. The molecule has 1 aromatic rings. The number of thiazole rings is 1. The van der Waals surface area contributed by atoms with Gasteiger partial charge < -0.3 is 5.73 Å². The van der Waals surface area contributed by atoms with E-state index in [0.717, 1.165) is 12.3 Å². The summed E-state index contributed by atoms with van der Waals surface area (Å²) >= 11 is 1.76. The van der Waals surface area contributed by atoms with Gasteiger partial charge in [-0.3, -0.25) is 0 Å². The van der Waals surface area contributed by atoms with Crippen LogP contribution in [0.1, 0.15) is 51.2 Å². The van der Waals surface area contributed by atoms with Gasteiger partial charge in [-0.1, -0.05) is 27.7 Å². The van der Waals surface area contributed by atoms with E-state index < -0.39 is 0 Å². The highest BCUT2D eigenvalue weighted by molar-refractivity contribution is 7.09. The van der Waals surface area contributed by atoms with E-state index in [4.69, 9.17) is 10.7 Å². The number of rotatable bonds is 4. The Kier molecular flexibility index (Phi) is 3.60. The van der Waals surface area contributed by atoms with Crippen LogP contribution in [0.5, 0.6) is 0 Å². The lowest BCUT2D eigenvalue weighted by atomic mass is 9.93. The standard InChI is InChI=1S/C14H24N2S/c1-9(10-5-6-10)11(15)7-13-16-12(8-17-13)14(2,3)4/h8-11H,5-7,15H2,1-4H3.